The molecular weight excluding hydrogens is 343 g/mol. The number of aromatic nitrogens is 2. The summed E-state index contributed by atoms with van der Waals surface area (Å²) >= 11 is 0. The van der Waals surface area contributed by atoms with E-state index in [2.05, 4.69) is 15.5 Å². The molecule has 0 aliphatic rings. The molecule has 1 amide bonds. The van der Waals surface area contributed by atoms with Gasteiger partial charge < -0.3 is 10.2 Å². The van der Waals surface area contributed by atoms with Gasteiger partial charge in [0.2, 0.25) is 0 Å². The van der Waals surface area contributed by atoms with Gasteiger partial charge in [-0.3, -0.25) is 4.79 Å². The molecule has 0 atom stereocenters. The molecule has 138 valence electrons. The molecule has 3 aromatic rings. The molecule has 0 aliphatic carbocycles. The van der Waals surface area contributed by atoms with Crippen LogP contribution in [0.1, 0.15) is 28.5 Å². The van der Waals surface area contributed by atoms with Crippen molar-refractivity contribution in [2.24, 2.45) is 0 Å². The van der Waals surface area contributed by atoms with Crippen molar-refractivity contribution in [2.45, 2.75) is 20.4 Å². The first-order valence-corrected chi connectivity index (χ1v) is 8.77. The van der Waals surface area contributed by atoms with Gasteiger partial charge in [0.1, 0.15) is 11.6 Å². The highest BCUT2D eigenvalue weighted by Crippen LogP contribution is 2.18. The second-order valence-electron chi connectivity index (χ2n) is 6.17. The van der Waals surface area contributed by atoms with Crippen LogP contribution in [0.3, 0.4) is 0 Å². The summed E-state index contributed by atoms with van der Waals surface area (Å²) in [6.45, 7) is 4.94. The quantitative estimate of drug-likeness (QED) is 0.712. The number of amides is 1. The molecule has 0 aliphatic heterocycles. The molecule has 27 heavy (non-hydrogen) atoms. The minimum Gasteiger partial charge on any atom is -0.365 e. The van der Waals surface area contributed by atoms with E-state index in [4.69, 9.17) is 0 Å². The summed E-state index contributed by atoms with van der Waals surface area (Å²) < 4.78 is 12.9. The van der Waals surface area contributed by atoms with Crippen molar-refractivity contribution in [1.82, 2.24) is 10.2 Å². The van der Waals surface area contributed by atoms with Crippen LogP contribution >= 0.6 is 0 Å². The molecule has 0 fully saturated rings. The first-order valence-electron chi connectivity index (χ1n) is 8.77. The maximum Gasteiger partial charge on any atom is 0.278 e. The standard InChI is InChI=1S/C21H21FN4O/c1-3-26(18-6-4-5-15(2)13-18)21(27)19-11-12-20(25-24-19)23-14-16-7-9-17(22)10-8-16/h4-13H,3,14H2,1-2H3,(H,23,25). The molecule has 0 saturated carbocycles. The SMILES string of the molecule is CCN(C(=O)c1ccc(NCc2ccc(F)cc2)nn1)c1cccc(C)c1. The van der Waals surface area contributed by atoms with Gasteiger partial charge in [-0.25, -0.2) is 4.39 Å². The molecular formula is C21H21FN4O. The molecule has 5 nitrogen and oxygen atoms in total. The summed E-state index contributed by atoms with van der Waals surface area (Å²) in [4.78, 5) is 14.4. The zero-order valence-electron chi connectivity index (χ0n) is 15.3. The number of aryl methyl sites for hydroxylation is 1. The third-order valence-corrected chi connectivity index (χ3v) is 4.15. The maximum absolute atomic E-state index is 12.9. The largest absolute Gasteiger partial charge is 0.365 e. The highest BCUT2D eigenvalue weighted by molar-refractivity contribution is 6.04. The minimum atomic E-state index is -0.268. The number of nitrogens with zero attached hydrogens (tertiary/aromatic N) is 3. The van der Waals surface area contributed by atoms with Crippen molar-refractivity contribution in [1.29, 1.82) is 0 Å². The second kappa shape index (κ2) is 8.40. The number of benzene rings is 2. The lowest BCUT2D eigenvalue weighted by Crippen LogP contribution is -2.31. The molecule has 3 rings (SSSR count). The Morgan fingerprint density at radius 3 is 2.48 bits per heavy atom. The smallest absolute Gasteiger partial charge is 0.278 e. The number of anilines is 2. The van der Waals surface area contributed by atoms with Gasteiger partial charge in [0.05, 0.1) is 0 Å². The highest BCUT2D eigenvalue weighted by atomic mass is 19.1. The molecule has 1 N–H and O–H groups in total. The van der Waals surface area contributed by atoms with Crippen LogP contribution in [-0.2, 0) is 6.54 Å². The van der Waals surface area contributed by atoms with Gasteiger partial charge in [-0.2, -0.15) is 0 Å². The van der Waals surface area contributed by atoms with Gasteiger partial charge in [-0.1, -0.05) is 24.3 Å². The normalized spacial score (nSPS) is 10.5. The van der Waals surface area contributed by atoms with E-state index < -0.39 is 0 Å². The van der Waals surface area contributed by atoms with Crippen LogP contribution in [-0.4, -0.2) is 22.6 Å². The summed E-state index contributed by atoms with van der Waals surface area (Å²) in [6.07, 6.45) is 0. The van der Waals surface area contributed by atoms with E-state index in [1.807, 2.05) is 38.1 Å². The Kier molecular flexibility index (Phi) is 5.76. The second-order valence-corrected chi connectivity index (χ2v) is 6.17. The molecule has 6 heteroatoms. The summed E-state index contributed by atoms with van der Waals surface area (Å²) in [7, 11) is 0. The predicted octanol–water partition coefficient (Wildman–Crippen LogP) is 4.20. The van der Waals surface area contributed by atoms with E-state index >= 15 is 0 Å². The van der Waals surface area contributed by atoms with Gasteiger partial charge in [-0.05, 0) is 61.4 Å². The first kappa shape index (κ1) is 18.5. The molecule has 0 bridgehead atoms. The van der Waals surface area contributed by atoms with Crippen molar-refractivity contribution in [2.75, 3.05) is 16.8 Å². The number of nitrogens with one attached hydrogen (secondary N) is 1. The molecule has 1 heterocycles. The molecule has 2 aromatic carbocycles. The van der Waals surface area contributed by atoms with Crippen LogP contribution in [0.15, 0.2) is 60.7 Å². The Balaban J connectivity index is 1.68. The van der Waals surface area contributed by atoms with Crippen molar-refractivity contribution in [3.63, 3.8) is 0 Å². The van der Waals surface area contributed by atoms with E-state index in [9.17, 15) is 9.18 Å². The monoisotopic (exact) mass is 364 g/mol. The number of carbonyl (C=O) groups excluding carboxylic acids is 1. The van der Waals surface area contributed by atoms with Crippen molar-refractivity contribution >= 4 is 17.4 Å². The molecule has 0 unspecified atom stereocenters. The Morgan fingerprint density at radius 2 is 1.85 bits per heavy atom. The fourth-order valence-corrected chi connectivity index (χ4v) is 2.71. The molecule has 0 saturated heterocycles. The van der Waals surface area contributed by atoms with Crippen LogP contribution in [0, 0.1) is 12.7 Å². The fourth-order valence-electron chi connectivity index (χ4n) is 2.71. The number of hydrogen-bond acceptors (Lipinski definition) is 4. The van der Waals surface area contributed by atoms with E-state index in [0.717, 1.165) is 16.8 Å². The number of halogens is 1. The number of carbonyl (C=O) groups is 1. The van der Waals surface area contributed by atoms with Crippen LogP contribution in [0.4, 0.5) is 15.9 Å². The predicted molar refractivity (Wildman–Crippen MR) is 104 cm³/mol. The van der Waals surface area contributed by atoms with Crippen LogP contribution < -0.4 is 10.2 Å². The lowest BCUT2D eigenvalue weighted by molar-refractivity contribution is 0.0982. The molecule has 1 aromatic heterocycles. The van der Waals surface area contributed by atoms with Crippen LogP contribution in [0.5, 0.6) is 0 Å². The summed E-state index contributed by atoms with van der Waals surface area (Å²) in [5, 5.41) is 11.2. The summed E-state index contributed by atoms with van der Waals surface area (Å²) in [5.74, 6) is 0.0886. The number of rotatable bonds is 6. The molecule has 0 spiro atoms. The first-order chi connectivity index (χ1) is 13.1. The van der Waals surface area contributed by atoms with E-state index in [1.165, 1.54) is 12.1 Å². The third-order valence-electron chi connectivity index (χ3n) is 4.15. The Morgan fingerprint density at radius 1 is 1.07 bits per heavy atom. The van der Waals surface area contributed by atoms with E-state index in [-0.39, 0.29) is 17.4 Å². The van der Waals surface area contributed by atoms with Crippen molar-refractivity contribution in [3.05, 3.63) is 83.3 Å². The van der Waals surface area contributed by atoms with Gasteiger partial charge in [0, 0.05) is 18.8 Å². The van der Waals surface area contributed by atoms with Crippen molar-refractivity contribution in [3.8, 4) is 0 Å². The van der Waals surface area contributed by atoms with E-state index in [1.54, 1.807) is 29.2 Å². The van der Waals surface area contributed by atoms with Gasteiger partial charge >= 0.3 is 0 Å². The maximum atomic E-state index is 12.9. The zero-order chi connectivity index (χ0) is 19.2. The van der Waals surface area contributed by atoms with Crippen molar-refractivity contribution < 1.29 is 9.18 Å². The Bertz CT molecular complexity index is 910. The average Bonchev–Trinajstić information content (AvgIpc) is 2.68. The van der Waals surface area contributed by atoms with Crippen LogP contribution in [0.2, 0.25) is 0 Å². The lowest BCUT2D eigenvalue weighted by Gasteiger charge is -2.20. The lowest BCUT2D eigenvalue weighted by atomic mass is 10.2. The fraction of sp³-hybridized carbons (Fsp3) is 0.190. The molecule has 0 radical (unpaired) electrons. The van der Waals surface area contributed by atoms with Gasteiger partial charge in [-0.15, -0.1) is 10.2 Å². The zero-order valence-corrected chi connectivity index (χ0v) is 15.3. The van der Waals surface area contributed by atoms with Crippen LogP contribution in [0.25, 0.3) is 0 Å². The minimum absolute atomic E-state index is 0.194. The Hall–Kier alpha value is -3.28. The Labute approximate surface area is 157 Å². The summed E-state index contributed by atoms with van der Waals surface area (Å²) in [6, 6.07) is 17.4. The highest BCUT2D eigenvalue weighted by Gasteiger charge is 2.18. The topological polar surface area (TPSA) is 58.1 Å². The third kappa shape index (κ3) is 4.67. The van der Waals surface area contributed by atoms with Gasteiger partial charge in [0.15, 0.2) is 5.69 Å². The number of hydrogen-bond donors (Lipinski definition) is 1. The van der Waals surface area contributed by atoms with E-state index in [0.29, 0.717) is 18.9 Å². The average molecular weight is 364 g/mol. The summed E-state index contributed by atoms with van der Waals surface area (Å²) in [5.41, 5.74) is 3.13. The van der Waals surface area contributed by atoms with Gasteiger partial charge in [0.25, 0.3) is 5.91 Å².